The van der Waals surface area contributed by atoms with E-state index >= 15 is 0 Å². The van der Waals surface area contributed by atoms with E-state index in [-0.39, 0.29) is 11.8 Å². The molecule has 0 heterocycles. The largest absolute Gasteiger partial charge is 0.497 e. The fraction of sp³-hybridized carbons (Fsp3) is 0.200. The second-order valence-corrected chi connectivity index (χ2v) is 9.10. The molecule has 5 nitrogen and oxygen atoms in total. The molecule has 2 N–H and O–H groups in total. The van der Waals surface area contributed by atoms with E-state index in [0.29, 0.717) is 23.6 Å². The van der Waals surface area contributed by atoms with E-state index in [1.165, 1.54) is 5.56 Å². The predicted octanol–water partition coefficient (Wildman–Crippen LogP) is 5.59. The van der Waals surface area contributed by atoms with Crippen molar-refractivity contribution in [3.63, 3.8) is 0 Å². The second kappa shape index (κ2) is 12.2. The van der Waals surface area contributed by atoms with Gasteiger partial charge in [0.1, 0.15) is 11.8 Å². The van der Waals surface area contributed by atoms with Crippen molar-refractivity contribution in [2.24, 2.45) is 0 Å². The summed E-state index contributed by atoms with van der Waals surface area (Å²) in [5, 5.41) is 8.44. The Balaban J connectivity index is 1.44. The number of carbonyl (C=O) groups is 2. The molecular formula is C30H29ClN2O3. The maximum absolute atomic E-state index is 13.1. The molecular weight excluding hydrogens is 472 g/mol. The van der Waals surface area contributed by atoms with Crippen LogP contribution in [0.15, 0.2) is 91.0 Å². The van der Waals surface area contributed by atoms with Crippen LogP contribution in [0.3, 0.4) is 0 Å². The van der Waals surface area contributed by atoms with Crippen LogP contribution >= 0.6 is 11.6 Å². The molecule has 1 atom stereocenters. The van der Waals surface area contributed by atoms with Gasteiger partial charge in [-0.25, -0.2) is 0 Å². The number of hydrogen-bond donors (Lipinski definition) is 2. The Morgan fingerprint density at radius 3 is 2.33 bits per heavy atom. The number of fused-ring (bicyclic) bond motifs is 1. The van der Waals surface area contributed by atoms with Crippen LogP contribution in [0.25, 0.3) is 10.8 Å². The van der Waals surface area contributed by atoms with Crippen LogP contribution in [0.4, 0.5) is 0 Å². The third-order valence-electron chi connectivity index (χ3n) is 6.07. The number of aryl methyl sites for hydroxylation is 1. The average molecular weight is 501 g/mol. The van der Waals surface area contributed by atoms with Gasteiger partial charge in [0.2, 0.25) is 5.91 Å². The second-order valence-electron chi connectivity index (χ2n) is 8.66. The number of rotatable bonds is 10. The van der Waals surface area contributed by atoms with Crippen LogP contribution in [0.5, 0.6) is 5.75 Å². The lowest BCUT2D eigenvalue weighted by Crippen LogP contribution is -2.48. The summed E-state index contributed by atoms with van der Waals surface area (Å²) >= 11 is 6.02. The van der Waals surface area contributed by atoms with Crippen molar-refractivity contribution < 1.29 is 14.3 Å². The smallest absolute Gasteiger partial charge is 0.251 e. The third kappa shape index (κ3) is 6.86. The lowest BCUT2D eigenvalue weighted by Gasteiger charge is -2.19. The molecule has 6 heteroatoms. The number of halogens is 1. The zero-order valence-corrected chi connectivity index (χ0v) is 20.9. The maximum Gasteiger partial charge on any atom is 0.251 e. The fourth-order valence-electron chi connectivity index (χ4n) is 4.07. The number of amides is 2. The van der Waals surface area contributed by atoms with Gasteiger partial charge in [0.25, 0.3) is 5.91 Å². The van der Waals surface area contributed by atoms with E-state index in [1.807, 2.05) is 60.7 Å². The van der Waals surface area contributed by atoms with Crippen molar-refractivity contribution in [2.75, 3.05) is 13.7 Å². The number of hydrogen-bond acceptors (Lipinski definition) is 3. The van der Waals surface area contributed by atoms with E-state index in [0.717, 1.165) is 34.9 Å². The van der Waals surface area contributed by atoms with Gasteiger partial charge in [-0.2, -0.15) is 0 Å². The molecule has 2 amide bonds. The Hall–Kier alpha value is -3.83. The summed E-state index contributed by atoms with van der Waals surface area (Å²) in [6.07, 6.45) is 2.04. The molecule has 0 fully saturated rings. The summed E-state index contributed by atoms with van der Waals surface area (Å²) in [5.74, 6) is 0.245. The number of methoxy groups -OCH3 is 1. The number of nitrogens with one attached hydrogen (secondary N) is 2. The molecule has 36 heavy (non-hydrogen) atoms. The summed E-state index contributed by atoms with van der Waals surface area (Å²) < 4.78 is 5.28. The summed E-state index contributed by atoms with van der Waals surface area (Å²) in [6.45, 7) is 0.526. The van der Waals surface area contributed by atoms with Crippen molar-refractivity contribution in [3.8, 4) is 5.75 Å². The molecule has 4 rings (SSSR count). The van der Waals surface area contributed by atoms with Crippen molar-refractivity contribution in [2.45, 2.75) is 25.3 Å². The van der Waals surface area contributed by atoms with Crippen LogP contribution in [0.1, 0.15) is 27.9 Å². The molecule has 0 radical (unpaired) electrons. The van der Waals surface area contributed by atoms with Gasteiger partial charge in [0, 0.05) is 23.6 Å². The minimum atomic E-state index is -0.720. The van der Waals surface area contributed by atoms with Gasteiger partial charge < -0.3 is 15.4 Å². The fourth-order valence-corrected chi connectivity index (χ4v) is 4.20. The third-order valence-corrected chi connectivity index (χ3v) is 6.32. The molecule has 0 spiro atoms. The Labute approximate surface area is 216 Å². The zero-order chi connectivity index (χ0) is 25.3. The topological polar surface area (TPSA) is 67.4 Å². The molecule has 0 aromatic heterocycles. The molecule has 184 valence electrons. The van der Waals surface area contributed by atoms with E-state index < -0.39 is 6.04 Å². The number of ether oxygens (including phenoxy) is 1. The molecule has 0 aliphatic rings. The highest BCUT2D eigenvalue weighted by atomic mass is 35.5. The highest BCUT2D eigenvalue weighted by Gasteiger charge is 2.22. The predicted molar refractivity (Wildman–Crippen MR) is 145 cm³/mol. The molecule has 4 aromatic rings. The van der Waals surface area contributed by atoms with Gasteiger partial charge >= 0.3 is 0 Å². The van der Waals surface area contributed by atoms with E-state index in [9.17, 15) is 9.59 Å². The van der Waals surface area contributed by atoms with Gasteiger partial charge in [0.15, 0.2) is 0 Å². The lowest BCUT2D eigenvalue weighted by atomic mass is 10.0. The summed E-state index contributed by atoms with van der Waals surface area (Å²) in [7, 11) is 1.62. The van der Waals surface area contributed by atoms with Crippen molar-refractivity contribution >= 4 is 34.2 Å². The zero-order valence-electron chi connectivity index (χ0n) is 20.2. The quantitative estimate of drug-likeness (QED) is 0.279. The Morgan fingerprint density at radius 2 is 1.58 bits per heavy atom. The summed E-state index contributed by atoms with van der Waals surface area (Å²) in [5.41, 5.74) is 2.63. The molecule has 0 aliphatic carbocycles. The van der Waals surface area contributed by atoms with Gasteiger partial charge in [-0.3, -0.25) is 9.59 Å². The first kappa shape index (κ1) is 25.3. The van der Waals surface area contributed by atoms with Crippen molar-refractivity contribution in [3.05, 3.63) is 113 Å². The van der Waals surface area contributed by atoms with Gasteiger partial charge in [0.05, 0.1) is 7.11 Å². The van der Waals surface area contributed by atoms with Gasteiger partial charge in [-0.05, 0) is 71.1 Å². The minimum Gasteiger partial charge on any atom is -0.497 e. The Morgan fingerprint density at radius 1 is 0.861 bits per heavy atom. The monoisotopic (exact) mass is 500 g/mol. The first-order valence-corrected chi connectivity index (χ1v) is 12.3. The standard InChI is InChI=1S/C30H29ClN2O3/c1-36-27-16-13-23-19-25(12-11-24(23)20-27)29(34)33-28(18-22-9-14-26(31)15-10-22)30(35)32-17-5-8-21-6-3-2-4-7-21/h2-4,6-7,9-16,19-20,28H,5,8,17-18H2,1H3,(H,32,35)(H,33,34). The van der Waals surface area contributed by atoms with Crippen LogP contribution in [0, 0.1) is 0 Å². The molecule has 1 unspecified atom stereocenters. The van der Waals surface area contributed by atoms with Crippen LogP contribution in [-0.2, 0) is 17.6 Å². The Kier molecular flexibility index (Phi) is 8.58. The first-order valence-electron chi connectivity index (χ1n) is 12.0. The summed E-state index contributed by atoms with van der Waals surface area (Å²) in [4.78, 5) is 26.3. The van der Waals surface area contributed by atoms with E-state index in [4.69, 9.17) is 16.3 Å². The summed E-state index contributed by atoms with van der Waals surface area (Å²) in [6, 6.07) is 27.9. The van der Waals surface area contributed by atoms with Gasteiger partial charge in [-0.1, -0.05) is 66.2 Å². The van der Waals surface area contributed by atoms with Gasteiger partial charge in [-0.15, -0.1) is 0 Å². The van der Waals surface area contributed by atoms with Crippen molar-refractivity contribution in [1.29, 1.82) is 0 Å². The van der Waals surface area contributed by atoms with Crippen LogP contribution in [0.2, 0.25) is 5.02 Å². The lowest BCUT2D eigenvalue weighted by molar-refractivity contribution is -0.122. The maximum atomic E-state index is 13.1. The molecule has 0 saturated heterocycles. The van der Waals surface area contributed by atoms with Crippen LogP contribution in [-0.4, -0.2) is 31.5 Å². The highest BCUT2D eigenvalue weighted by Crippen LogP contribution is 2.22. The highest BCUT2D eigenvalue weighted by molar-refractivity contribution is 6.30. The van der Waals surface area contributed by atoms with Crippen molar-refractivity contribution in [1.82, 2.24) is 10.6 Å². The molecule has 0 saturated carbocycles. The SMILES string of the molecule is COc1ccc2cc(C(=O)NC(Cc3ccc(Cl)cc3)C(=O)NCCCc3ccccc3)ccc2c1. The first-order chi connectivity index (χ1) is 17.5. The molecule has 0 aliphatic heterocycles. The average Bonchev–Trinajstić information content (AvgIpc) is 2.91. The normalized spacial score (nSPS) is 11.6. The molecule has 4 aromatic carbocycles. The van der Waals surface area contributed by atoms with Crippen LogP contribution < -0.4 is 15.4 Å². The number of carbonyl (C=O) groups excluding carboxylic acids is 2. The number of benzene rings is 4. The van der Waals surface area contributed by atoms with E-state index in [2.05, 4.69) is 22.8 Å². The Bertz CT molecular complexity index is 1320. The van der Waals surface area contributed by atoms with E-state index in [1.54, 1.807) is 25.3 Å². The minimum absolute atomic E-state index is 0.211. The molecule has 0 bridgehead atoms.